The van der Waals surface area contributed by atoms with Gasteiger partial charge >= 0.3 is 0 Å². The Kier molecular flexibility index (Phi) is 4.99. The lowest BCUT2D eigenvalue weighted by Crippen LogP contribution is -2.39. The molecule has 1 saturated heterocycles. The van der Waals surface area contributed by atoms with Gasteiger partial charge in [0, 0.05) is 65.3 Å². The van der Waals surface area contributed by atoms with Crippen molar-refractivity contribution in [3.63, 3.8) is 0 Å². The maximum atomic E-state index is 13.3. The largest absolute Gasteiger partial charge is 0.481 e. The Bertz CT molecular complexity index is 1920. The van der Waals surface area contributed by atoms with E-state index in [9.17, 15) is 4.79 Å². The average molecular weight is 584 g/mol. The number of rotatable bonds is 3. The molecule has 0 bridgehead atoms. The van der Waals surface area contributed by atoms with Crippen molar-refractivity contribution in [2.75, 3.05) is 19.7 Å². The fourth-order valence-electron chi connectivity index (χ4n) is 6.71. The molecule has 0 spiro atoms. The average Bonchev–Trinajstić information content (AvgIpc) is 3.80. The first-order valence-electron chi connectivity index (χ1n) is 13.6. The van der Waals surface area contributed by atoms with E-state index in [0.717, 1.165) is 79.8 Å². The number of hydrogen-bond donors (Lipinski definition) is 1. The number of halogens is 1. The van der Waals surface area contributed by atoms with Crippen molar-refractivity contribution in [3.05, 3.63) is 92.4 Å². The van der Waals surface area contributed by atoms with Gasteiger partial charge in [0.15, 0.2) is 11.9 Å². The molecule has 1 N–H and O–H groups in total. The molecule has 0 aliphatic carbocycles. The van der Waals surface area contributed by atoms with Crippen molar-refractivity contribution in [2.45, 2.75) is 31.2 Å². The van der Waals surface area contributed by atoms with Crippen LogP contribution in [0, 0.1) is 0 Å². The van der Waals surface area contributed by atoms with Crippen LogP contribution in [0.3, 0.4) is 0 Å². The van der Waals surface area contributed by atoms with Crippen LogP contribution in [0.25, 0.3) is 21.5 Å². The summed E-state index contributed by atoms with van der Waals surface area (Å²) in [5, 5.41) is 8.32. The molecule has 5 aromatic rings. The highest BCUT2D eigenvalue weighted by atomic mass is 35.5. The summed E-state index contributed by atoms with van der Waals surface area (Å²) in [5.41, 5.74) is 5.95. The summed E-state index contributed by atoms with van der Waals surface area (Å²) < 4.78 is 19.7. The number of amides is 1. The molecule has 11 heteroatoms. The van der Waals surface area contributed by atoms with E-state index >= 15 is 0 Å². The van der Waals surface area contributed by atoms with E-state index in [0.29, 0.717) is 30.2 Å². The number of carbonyl (C=O) groups is 1. The zero-order valence-electron chi connectivity index (χ0n) is 21.6. The number of fused-ring (bicyclic) bond motifs is 6. The van der Waals surface area contributed by atoms with E-state index in [4.69, 9.17) is 30.6 Å². The molecule has 2 aromatic carbocycles. The fourth-order valence-corrected chi connectivity index (χ4v) is 8.23. The Hall–Kier alpha value is -3.83. The minimum atomic E-state index is -0.965. The highest BCUT2D eigenvalue weighted by Crippen LogP contribution is 2.52. The molecule has 9 rings (SSSR count). The quantitative estimate of drug-likeness (QED) is 0.316. The van der Waals surface area contributed by atoms with Gasteiger partial charge in [0.25, 0.3) is 5.91 Å². The van der Waals surface area contributed by atoms with Crippen molar-refractivity contribution in [1.29, 1.82) is 0 Å². The monoisotopic (exact) mass is 583 g/mol. The van der Waals surface area contributed by atoms with Gasteiger partial charge in [0.2, 0.25) is 5.72 Å². The van der Waals surface area contributed by atoms with Crippen molar-refractivity contribution in [3.8, 4) is 17.0 Å². The second-order valence-electron chi connectivity index (χ2n) is 10.7. The van der Waals surface area contributed by atoms with Gasteiger partial charge in [0.1, 0.15) is 12.1 Å². The normalized spacial score (nSPS) is 22.5. The summed E-state index contributed by atoms with van der Waals surface area (Å²) in [6.07, 6.45) is 2.73. The topological polar surface area (TPSA) is 103 Å². The highest BCUT2D eigenvalue weighted by molar-refractivity contribution is 7.19. The lowest BCUT2D eigenvalue weighted by atomic mass is 9.99. The summed E-state index contributed by atoms with van der Waals surface area (Å²) in [4.78, 5) is 25.4. The molecule has 41 heavy (non-hydrogen) atoms. The highest BCUT2D eigenvalue weighted by Gasteiger charge is 2.56. The molecule has 2 atom stereocenters. The number of benzene rings is 2. The smallest absolute Gasteiger partial charge is 0.257 e. The summed E-state index contributed by atoms with van der Waals surface area (Å²) in [6.45, 7) is 2.60. The van der Waals surface area contributed by atoms with Gasteiger partial charge in [-0.05, 0) is 24.3 Å². The first-order chi connectivity index (χ1) is 20.1. The number of carbonyl (C=O) groups excluding carboxylic acids is 1. The Balaban J connectivity index is 1.17. The number of aromatic nitrogens is 3. The van der Waals surface area contributed by atoms with Crippen molar-refractivity contribution in [1.82, 2.24) is 25.3 Å². The molecule has 3 aromatic heterocycles. The first kappa shape index (κ1) is 23.8. The number of thiophene rings is 1. The predicted octanol–water partition coefficient (Wildman–Crippen LogP) is 5.01. The van der Waals surface area contributed by atoms with Gasteiger partial charge in [-0.15, -0.1) is 11.3 Å². The van der Waals surface area contributed by atoms with Crippen LogP contribution in [-0.2, 0) is 29.8 Å². The SMILES string of the molecule is O=C1c2ccccc2C2(c3cc4ncnc(-c5cc(Cl)cc6c5O[C@@H](c5onc7c5CNCC7)C6)c4s3)OCCN12. The van der Waals surface area contributed by atoms with E-state index in [-0.39, 0.29) is 12.0 Å². The van der Waals surface area contributed by atoms with Crippen molar-refractivity contribution < 1.29 is 18.8 Å². The summed E-state index contributed by atoms with van der Waals surface area (Å²) in [6, 6.07) is 13.5. The lowest BCUT2D eigenvalue weighted by molar-refractivity contribution is -0.0275. The number of nitrogens with one attached hydrogen (secondary N) is 1. The van der Waals surface area contributed by atoms with E-state index in [1.165, 1.54) is 11.3 Å². The van der Waals surface area contributed by atoms with Crippen LogP contribution in [-0.4, -0.2) is 45.6 Å². The molecule has 4 aliphatic rings. The number of nitrogens with zero attached hydrogens (tertiary/aromatic N) is 4. The zero-order valence-corrected chi connectivity index (χ0v) is 23.2. The Morgan fingerprint density at radius 1 is 1.15 bits per heavy atom. The zero-order chi connectivity index (χ0) is 27.3. The van der Waals surface area contributed by atoms with Crippen LogP contribution in [0.15, 0.2) is 53.3 Å². The third-order valence-electron chi connectivity index (χ3n) is 8.50. The molecule has 4 aliphatic heterocycles. The third kappa shape index (κ3) is 3.24. The molecule has 204 valence electrons. The Morgan fingerprint density at radius 3 is 3.02 bits per heavy atom. The molecule has 0 saturated carbocycles. The number of hydrogen-bond acceptors (Lipinski definition) is 9. The van der Waals surface area contributed by atoms with Crippen LogP contribution in [0.4, 0.5) is 0 Å². The Morgan fingerprint density at radius 2 is 2.07 bits per heavy atom. The summed E-state index contributed by atoms with van der Waals surface area (Å²) in [5.74, 6) is 1.49. The standard InChI is InChI=1S/C30H22ClN5O4S/c31-16-9-15-10-23(27-19-13-32-6-5-21(19)35-40-27)39-26(15)18(11-16)25-28-22(33-14-34-25)12-24(41-28)30-20-4-2-1-3-17(20)29(37)36(30)7-8-38-30/h1-4,9,11-12,14,23,32H,5-8,10,13H2/t23-,30?/m1/s1. The molecule has 0 radical (unpaired) electrons. The number of ether oxygens (including phenoxy) is 2. The van der Waals surface area contributed by atoms with Crippen molar-refractivity contribution in [2.24, 2.45) is 0 Å². The van der Waals surface area contributed by atoms with Gasteiger partial charge in [0.05, 0.1) is 33.1 Å². The van der Waals surface area contributed by atoms with Gasteiger partial charge in [-0.3, -0.25) is 9.69 Å². The molecule has 1 fully saturated rings. The first-order valence-corrected chi connectivity index (χ1v) is 14.8. The third-order valence-corrected chi connectivity index (χ3v) is 9.94. The maximum absolute atomic E-state index is 13.3. The molecule has 1 unspecified atom stereocenters. The molecular formula is C30H22ClN5O4S. The predicted molar refractivity (Wildman–Crippen MR) is 151 cm³/mol. The van der Waals surface area contributed by atoms with Crippen LogP contribution in [0.1, 0.15) is 49.5 Å². The minimum absolute atomic E-state index is 0.0150. The fraction of sp³-hybridized carbons (Fsp3) is 0.267. The van der Waals surface area contributed by atoms with Crippen LogP contribution < -0.4 is 10.1 Å². The lowest BCUT2D eigenvalue weighted by Gasteiger charge is -2.30. The summed E-state index contributed by atoms with van der Waals surface area (Å²) in [7, 11) is 0. The van der Waals surface area contributed by atoms with Gasteiger partial charge in [-0.25, -0.2) is 9.97 Å². The Labute approximate surface area is 243 Å². The molecule has 1 amide bonds. The maximum Gasteiger partial charge on any atom is 0.257 e. The van der Waals surface area contributed by atoms with Gasteiger partial charge in [-0.1, -0.05) is 35.0 Å². The van der Waals surface area contributed by atoms with Crippen LogP contribution in [0.5, 0.6) is 5.75 Å². The summed E-state index contributed by atoms with van der Waals surface area (Å²) >= 11 is 8.20. The second-order valence-corrected chi connectivity index (χ2v) is 12.2. The van der Waals surface area contributed by atoms with Crippen LogP contribution >= 0.6 is 22.9 Å². The van der Waals surface area contributed by atoms with E-state index in [2.05, 4.69) is 15.5 Å². The van der Waals surface area contributed by atoms with Gasteiger partial charge < -0.3 is 19.3 Å². The van der Waals surface area contributed by atoms with E-state index in [1.807, 2.05) is 47.4 Å². The van der Waals surface area contributed by atoms with E-state index < -0.39 is 5.72 Å². The molecule has 9 nitrogen and oxygen atoms in total. The minimum Gasteiger partial charge on any atom is -0.481 e. The molecular weight excluding hydrogens is 562 g/mol. The van der Waals surface area contributed by atoms with E-state index in [1.54, 1.807) is 6.33 Å². The second kappa shape index (κ2) is 8.59. The van der Waals surface area contributed by atoms with Crippen molar-refractivity contribution >= 4 is 39.1 Å². The van der Waals surface area contributed by atoms with Gasteiger partial charge in [-0.2, -0.15) is 0 Å². The molecule has 7 heterocycles. The van der Waals surface area contributed by atoms with Crippen LogP contribution in [0.2, 0.25) is 5.02 Å².